The largest absolute Gasteiger partial charge is 0.674 e. The Morgan fingerprint density at radius 2 is 0.690 bits per heavy atom. The number of benzene rings is 7. The number of carboxylic acid groups (broad SMARTS) is 4. The lowest BCUT2D eigenvalue weighted by molar-refractivity contribution is -0.644. The highest BCUT2D eigenvalue weighted by Gasteiger charge is 2.33. The maximum Gasteiger partial charge on any atom is 0.521 e. The highest BCUT2D eigenvalue weighted by Crippen LogP contribution is 2.35. The van der Waals surface area contributed by atoms with Gasteiger partial charge in [-0.2, -0.15) is 39.9 Å². The molecule has 4 aromatic heterocycles. The van der Waals surface area contributed by atoms with Gasteiger partial charge in [0.2, 0.25) is 0 Å². The predicted molar refractivity (Wildman–Crippen MR) is 495 cm³/mol. The number of anilines is 2. The molecule has 0 saturated carbocycles. The van der Waals surface area contributed by atoms with Gasteiger partial charge in [0.05, 0.1) is 67.2 Å². The Morgan fingerprint density at radius 1 is 0.411 bits per heavy atom. The molecule has 11 rings (SSSR count). The molecular formula is C84H92BCl9N11O22P2-. The van der Waals surface area contributed by atoms with Crippen LogP contribution in [0.3, 0.4) is 0 Å². The maximum atomic E-state index is 11.6. The molecule has 4 heterocycles. The summed E-state index contributed by atoms with van der Waals surface area (Å²) in [5.74, 6) is -2.45. The minimum Gasteiger partial charge on any atom is -0.674 e. The van der Waals surface area contributed by atoms with Crippen LogP contribution in [0.15, 0.2) is 176 Å². The zero-order chi connectivity index (χ0) is 96.8. The van der Waals surface area contributed by atoms with Crippen molar-refractivity contribution >= 4 is 169 Å². The summed E-state index contributed by atoms with van der Waals surface area (Å²) in [5, 5.41) is 82.0. The van der Waals surface area contributed by atoms with Crippen molar-refractivity contribution in [3.8, 4) is 57.8 Å². The second kappa shape index (κ2) is 54.0. The molecule has 0 saturated heterocycles. The molecule has 11 N–H and O–H groups in total. The number of carboxylic acids is 4. The van der Waals surface area contributed by atoms with Gasteiger partial charge in [0.15, 0.2) is 0 Å². The van der Waals surface area contributed by atoms with E-state index in [-0.39, 0.29) is 42.4 Å². The van der Waals surface area contributed by atoms with E-state index in [1.54, 1.807) is 146 Å². The van der Waals surface area contributed by atoms with Gasteiger partial charge in [-0.25, -0.2) is 9.93 Å². The van der Waals surface area contributed by atoms with Crippen molar-refractivity contribution < 1.29 is 110 Å². The van der Waals surface area contributed by atoms with Crippen molar-refractivity contribution in [1.29, 1.82) is 0 Å². The van der Waals surface area contributed by atoms with Gasteiger partial charge in [0, 0.05) is 91.7 Å². The van der Waals surface area contributed by atoms with Gasteiger partial charge in [-0.15, -0.1) is 0 Å². The van der Waals surface area contributed by atoms with E-state index in [4.69, 9.17) is 169 Å². The SMILES string of the molecule is CC(C)(C(=O)O)c1cccc(B(O)O)c1.COc1nc(Cl)cc(-c2cccc(C(C)(C)C(=O)O)c2)n1.COc1nc(Cl)cc(Cl)n1.COc1nc(NCCc2ccc(Cl)cc2Cl)cc(-c2cccc(C(C)(C)C(=O)O)c2)n1.COc1nc(NCCc2ccc(Cl)cc2Cl)cc(-c2cccc(C(C)(C)C(=O)O)c2)n1.NCCc1ccc(Cl)cc1Cl.O=[P+]([O-])OO.O=[P+]([O-])O[O-].[HH].[HH]. The third-order valence-electron chi connectivity index (χ3n) is 18.1. The number of aromatic nitrogens is 8. The molecule has 129 heavy (non-hydrogen) atoms. The molecule has 11 aromatic rings. The van der Waals surface area contributed by atoms with Gasteiger partial charge in [-0.3, -0.25) is 19.2 Å². The van der Waals surface area contributed by atoms with Gasteiger partial charge < -0.3 is 80.8 Å². The standard InChI is InChI=1S/2C23H23Cl2N3O3.C15H15ClN2O3.C10H13BO4.C8H9Cl2N.C5H4Cl2N2O.2HO4P.2H2/c2*1-23(2,21(29)30)16-6-4-5-15(11-16)19-13-20(28-22(27-19)31-3)26-10-9-14-7-8-17(24)12-18(14)25;1-15(2,13(19)20)10-6-4-5-9(7-10)11-8-12(16)18-14(17-11)21-3;1-10(2,9(12)13)7-4-3-5-8(6-7)11(14)15;9-7-2-1-6(3-4-11)8(10)5-7;1-10-5-8-3(6)2-4(7)9-5;2*1-4-5(2)3;;/h2*4-8,11-13H,9-10H2,1-3H3,(H,29,30)(H,26,27,28);4-8H,1-3H3,(H,19,20);3-6,14-15H,1-2H3,(H,12,13);1-2,5H,3-4,11H2;2H,1H3;2*1H;2*1H/p-1. The summed E-state index contributed by atoms with van der Waals surface area (Å²) in [5.41, 5.74) is 11.3. The molecule has 0 radical (unpaired) electrons. The lowest BCUT2D eigenvalue weighted by atomic mass is 9.76. The summed E-state index contributed by atoms with van der Waals surface area (Å²) in [6.07, 6.45) is 2.16. The fourth-order valence-electron chi connectivity index (χ4n) is 10.4. The van der Waals surface area contributed by atoms with Crippen molar-refractivity contribution in [2.75, 3.05) is 58.7 Å². The van der Waals surface area contributed by atoms with Crippen LogP contribution in [0, 0.1) is 0 Å². The third-order valence-corrected chi connectivity index (χ3v) is 20.7. The number of nitrogens with zero attached hydrogens (tertiary/aromatic N) is 8. The van der Waals surface area contributed by atoms with Crippen LogP contribution in [-0.2, 0) is 78.6 Å². The summed E-state index contributed by atoms with van der Waals surface area (Å²) in [6.45, 7) is 14.9. The molecule has 2 unspecified atom stereocenters. The maximum absolute atomic E-state index is 11.6. The van der Waals surface area contributed by atoms with Crippen LogP contribution in [0.25, 0.3) is 33.8 Å². The third kappa shape index (κ3) is 36.7. The Kier molecular flexibility index (Phi) is 46.6. The zero-order valence-electron chi connectivity index (χ0n) is 70.8. The first kappa shape index (κ1) is 111. The average Bonchev–Trinajstić information content (AvgIpc) is 0.801. The predicted octanol–water partition coefficient (Wildman–Crippen LogP) is 16.4. The fraction of sp³-hybridized carbons (Fsp3) is 0.262. The van der Waals surface area contributed by atoms with Crippen molar-refractivity contribution in [2.24, 2.45) is 5.73 Å². The summed E-state index contributed by atoms with van der Waals surface area (Å²) in [6, 6.07) is 51.8. The molecule has 45 heteroatoms. The van der Waals surface area contributed by atoms with E-state index in [0.29, 0.717) is 119 Å². The van der Waals surface area contributed by atoms with Crippen LogP contribution in [-0.4, -0.2) is 155 Å². The Labute approximate surface area is 792 Å². The van der Waals surface area contributed by atoms with E-state index >= 15 is 0 Å². The lowest BCUT2D eigenvalue weighted by Gasteiger charge is -2.20. The van der Waals surface area contributed by atoms with Crippen molar-refractivity contribution in [3.05, 3.63) is 260 Å². The molecular weight excluding hydrogens is 1910 g/mol. The van der Waals surface area contributed by atoms with Crippen molar-refractivity contribution in [1.82, 2.24) is 39.9 Å². The first-order valence-electron chi connectivity index (χ1n) is 37.4. The first-order chi connectivity index (χ1) is 60.6. The van der Waals surface area contributed by atoms with E-state index in [2.05, 4.69) is 64.6 Å². The van der Waals surface area contributed by atoms with Crippen LogP contribution < -0.4 is 55.8 Å². The molecule has 0 aliphatic heterocycles. The summed E-state index contributed by atoms with van der Waals surface area (Å²) in [4.78, 5) is 96.5. The van der Waals surface area contributed by atoms with Gasteiger partial charge in [-0.1, -0.05) is 201 Å². The smallest absolute Gasteiger partial charge is 0.521 e. The van der Waals surface area contributed by atoms with Crippen LogP contribution in [0.5, 0.6) is 24.0 Å². The number of nitrogens with two attached hydrogens (primary N) is 1. The quantitative estimate of drug-likeness (QED) is 0.00716. The fourth-order valence-corrected chi connectivity index (χ4v) is 12.5. The molecule has 0 bridgehead atoms. The summed E-state index contributed by atoms with van der Waals surface area (Å²) in [7, 11) is -1.87. The Balaban J connectivity index is 0.000000540. The molecule has 0 aliphatic carbocycles. The highest BCUT2D eigenvalue weighted by molar-refractivity contribution is 7.30. The summed E-state index contributed by atoms with van der Waals surface area (Å²) < 4.78 is 43.2. The van der Waals surface area contributed by atoms with Gasteiger partial charge >= 0.3 is 71.5 Å². The van der Waals surface area contributed by atoms with E-state index < -0.39 is 69.2 Å². The normalized spacial score (nSPS) is 11.0. The van der Waals surface area contributed by atoms with E-state index in [9.17, 15) is 34.5 Å². The van der Waals surface area contributed by atoms with Crippen LogP contribution >= 0.6 is 121 Å². The second-order valence-corrected chi connectivity index (χ2v) is 33.4. The van der Waals surface area contributed by atoms with E-state index in [1.165, 1.54) is 46.6 Å². The second-order valence-electron chi connectivity index (χ2n) is 28.5. The van der Waals surface area contributed by atoms with Crippen LogP contribution in [0.2, 0.25) is 45.6 Å². The molecule has 692 valence electrons. The number of methoxy groups -OCH3 is 4. The van der Waals surface area contributed by atoms with E-state index in [1.807, 2.05) is 66.7 Å². The van der Waals surface area contributed by atoms with Crippen LogP contribution in [0.1, 0.15) is 97.2 Å². The number of halogens is 9. The van der Waals surface area contributed by atoms with Crippen LogP contribution in [0.4, 0.5) is 11.6 Å². The van der Waals surface area contributed by atoms with Crippen molar-refractivity contribution in [2.45, 2.75) is 96.3 Å². The monoisotopic (exact) mass is 1990 g/mol. The lowest BCUT2D eigenvalue weighted by Crippen LogP contribution is -2.34. The minimum atomic E-state index is -3.15. The average molecular weight is 2000 g/mol. The summed E-state index contributed by atoms with van der Waals surface area (Å²) >= 11 is 52.9. The number of hydrogen-bond acceptors (Lipinski definition) is 29. The zero-order valence-corrected chi connectivity index (χ0v) is 79.4. The Bertz CT molecular complexity index is 5440. The molecule has 0 aliphatic rings. The number of hydrogen-bond donors (Lipinski definition) is 10. The first-order valence-corrected chi connectivity index (χ1v) is 43.0. The topological polar surface area (TPSA) is 522 Å². The number of ether oxygens (including phenoxy) is 4. The molecule has 7 aromatic carbocycles. The molecule has 0 spiro atoms. The number of nitrogens with one attached hydrogen (secondary N) is 2. The van der Waals surface area contributed by atoms with Gasteiger partial charge in [0.1, 0.15) is 27.1 Å². The Morgan fingerprint density at radius 3 is 0.969 bits per heavy atom. The van der Waals surface area contributed by atoms with Gasteiger partial charge in [-0.05, 0) is 189 Å². The number of rotatable bonds is 28. The molecule has 0 amide bonds. The van der Waals surface area contributed by atoms with Crippen molar-refractivity contribution in [3.63, 3.8) is 0 Å². The van der Waals surface area contributed by atoms with Gasteiger partial charge in [0.25, 0.3) is 0 Å². The number of aliphatic carboxylic acids is 4. The minimum absolute atomic E-state index is 0. The molecule has 33 nitrogen and oxygen atoms in total. The molecule has 2 atom stereocenters. The van der Waals surface area contributed by atoms with E-state index in [0.717, 1.165) is 39.8 Å². The Hall–Kier alpha value is -9.95. The highest BCUT2D eigenvalue weighted by atomic mass is 35.5. The number of carbonyl (C=O) groups is 4. The molecule has 0 fully saturated rings.